The second-order valence-corrected chi connectivity index (χ2v) is 5.69. The van der Waals surface area contributed by atoms with E-state index < -0.39 is 0 Å². The van der Waals surface area contributed by atoms with Crippen LogP contribution >= 0.6 is 11.6 Å². The van der Waals surface area contributed by atoms with Gasteiger partial charge >= 0.3 is 0 Å². The zero-order valence-corrected chi connectivity index (χ0v) is 11.8. The van der Waals surface area contributed by atoms with Crippen LogP contribution in [0.5, 0.6) is 0 Å². The summed E-state index contributed by atoms with van der Waals surface area (Å²) in [6.07, 6.45) is 9.38. The van der Waals surface area contributed by atoms with Gasteiger partial charge in [-0.3, -0.25) is 4.79 Å². The monoisotopic (exact) mass is 259 g/mol. The molecule has 0 aliphatic heterocycles. The van der Waals surface area contributed by atoms with Crippen LogP contribution in [0, 0.1) is 11.8 Å². The van der Waals surface area contributed by atoms with Crippen LogP contribution in [0.4, 0.5) is 0 Å². The van der Waals surface area contributed by atoms with E-state index in [1.807, 2.05) is 0 Å². The molecule has 0 spiro atoms. The van der Waals surface area contributed by atoms with Crippen LogP contribution in [0.25, 0.3) is 0 Å². The predicted octanol–water partition coefficient (Wildman–Crippen LogP) is 3.73. The van der Waals surface area contributed by atoms with Crippen LogP contribution in [-0.2, 0) is 4.79 Å². The van der Waals surface area contributed by atoms with Gasteiger partial charge in [-0.05, 0) is 31.6 Å². The van der Waals surface area contributed by atoms with E-state index in [1.54, 1.807) is 0 Å². The van der Waals surface area contributed by atoms with Crippen molar-refractivity contribution < 1.29 is 4.79 Å². The van der Waals surface area contributed by atoms with Gasteiger partial charge in [0.05, 0.1) is 0 Å². The molecule has 1 fully saturated rings. The smallest absolute Gasteiger partial charge is 0.223 e. The summed E-state index contributed by atoms with van der Waals surface area (Å²) in [5.74, 6) is 1.84. The van der Waals surface area contributed by atoms with E-state index in [1.165, 1.54) is 25.7 Å². The van der Waals surface area contributed by atoms with E-state index in [2.05, 4.69) is 12.2 Å². The molecule has 1 unspecified atom stereocenters. The molecule has 0 bridgehead atoms. The summed E-state index contributed by atoms with van der Waals surface area (Å²) in [6, 6.07) is 0. The van der Waals surface area contributed by atoms with Crippen molar-refractivity contribution in [3.63, 3.8) is 0 Å². The van der Waals surface area contributed by atoms with Gasteiger partial charge in [0.15, 0.2) is 0 Å². The van der Waals surface area contributed by atoms with E-state index in [0.717, 1.165) is 38.1 Å². The Hall–Kier alpha value is -0.240. The molecule has 1 atom stereocenters. The maximum Gasteiger partial charge on any atom is 0.223 e. The zero-order valence-electron chi connectivity index (χ0n) is 11.0. The lowest BCUT2D eigenvalue weighted by atomic mass is 9.99. The molecule has 0 radical (unpaired) electrons. The third-order valence-corrected chi connectivity index (χ3v) is 4.19. The second kappa shape index (κ2) is 8.79. The Morgan fingerprint density at radius 1 is 1.29 bits per heavy atom. The summed E-state index contributed by atoms with van der Waals surface area (Å²) in [4.78, 5) is 11.9. The lowest BCUT2D eigenvalue weighted by Crippen LogP contribution is -2.31. The summed E-state index contributed by atoms with van der Waals surface area (Å²) in [5.41, 5.74) is 0. The molecule has 0 aromatic carbocycles. The fraction of sp³-hybridized carbons (Fsp3) is 0.929. The first kappa shape index (κ1) is 14.8. The summed E-state index contributed by atoms with van der Waals surface area (Å²) in [5, 5.41) is 3.08. The molecule has 0 aromatic heterocycles. The molecule has 1 saturated carbocycles. The molecule has 1 aliphatic rings. The third-order valence-electron chi connectivity index (χ3n) is 3.66. The van der Waals surface area contributed by atoms with Gasteiger partial charge in [-0.1, -0.05) is 32.6 Å². The van der Waals surface area contributed by atoms with Crippen LogP contribution in [0.1, 0.15) is 58.3 Å². The largest absolute Gasteiger partial charge is 0.356 e. The van der Waals surface area contributed by atoms with Gasteiger partial charge in [0.1, 0.15) is 0 Å². The zero-order chi connectivity index (χ0) is 12.5. The minimum absolute atomic E-state index is 0.281. The molecule has 0 saturated heterocycles. The van der Waals surface area contributed by atoms with Crippen molar-refractivity contribution in [3.05, 3.63) is 0 Å². The van der Waals surface area contributed by atoms with Crippen molar-refractivity contribution >= 4 is 17.5 Å². The van der Waals surface area contributed by atoms with Crippen molar-refractivity contribution in [2.45, 2.75) is 58.3 Å². The molecule has 0 aromatic rings. The first-order valence-electron chi connectivity index (χ1n) is 7.07. The van der Waals surface area contributed by atoms with E-state index in [0.29, 0.717) is 5.92 Å². The van der Waals surface area contributed by atoms with Crippen LogP contribution in [0.3, 0.4) is 0 Å². The number of carbonyl (C=O) groups is 1. The van der Waals surface area contributed by atoms with Crippen molar-refractivity contribution in [2.24, 2.45) is 11.8 Å². The van der Waals surface area contributed by atoms with Gasteiger partial charge < -0.3 is 5.32 Å². The average molecular weight is 260 g/mol. The minimum atomic E-state index is 0.281. The molecule has 0 heterocycles. The number of carbonyl (C=O) groups excluding carboxylic acids is 1. The molecule has 1 rings (SSSR count). The number of rotatable bonds is 6. The molecule has 1 aliphatic carbocycles. The van der Waals surface area contributed by atoms with Crippen molar-refractivity contribution in [2.75, 3.05) is 12.4 Å². The van der Waals surface area contributed by atoms with Crippen LogP contribution in [-0.4, -0.2) is 18.3 Å². The number of alkyl halides is 1. The van der Waals surface area contributed by atoms with Crippen molar-refractivity contribution in [1.29, 1.82) is 0 Å². The molecule has 2 nitrogen and oxygen atoms in total. The normalized spacial score (nSPS) is 19.6. The molecule has 3 heteroatoms. The summed E-state index contributed by atoms with van der Waals surface area (Å²) < 4.78 is 0. The number of hydrogen-bond donors (Lipinski definition) is 1. The average Bonchev–Trinajstić information content (AvgIpc) is 2.62. The highest BCUT2D eigenvalue weighted by atomic mass is 35.5. The lowest BCUT2D eigenvalue weighted by Gasteiger charge is -2.14. The van der Waals surface area contributed by atoms with Gasteiger partial charge in [-0.25, -0.2) is 0 Å². The van der Waals surface area contributed by atoms with Gasteiger partial charge in [-0.15, -0.1) is 11.6 Å². The number of nitrogens with one attached hydrogen (secondary N) is 1. The lowest BCUT2D eigenvalue weighted by molar-refractivity contribution is -0.125. The maximum absolute atomic E-state index is 11.9. The predicted molar refractivity (Wildman–Crippen MR) is 73.3 cm³/mol. The molecular weight excluding hydrogens is 234 g/mol. The fourth-order valence-corrected chi connectivity index (χ4v) is 2.58. The number of amides is 1. The number of hydrogen-bond acceptors (Lipinski definition) is 1. The Morgan fingerprint density at radius 3 is 2.53 bits per heavy atom. The summed E-state index contributed by atoms with van der Waals surface area (Å²) in [6.45, 7) is 2.97. The van der Waals surface area contributed by atoms with Gasteiger partial charge in [0.2, 0.25) is 5.91 Å². The quantitative estimate of drug-likeness (QED) is 0.440. The van der Waals surface area contributed by atoms with Gasteiger partial charge in [-0.2, -0.15) is 0 Å². The standard InChI is InChI=1S/C14H26ClNO/c1-12(11-15)7-6-10-16-14(17)13-8-4-2-3-5-9-13/h12-13H,2-11H2,1H3,(H,16,17). The topological polar surface area (TPSA) is 29.1 Å². The molecule has 1 amide bonds. The van der Waals surface area contributed by atoms with Gasteiger partial charge in [0.25, 0.3) is 0 Å². The number of halogens is 1. The van der Waals surface area contributed by atoms with Crippen molar-refractivity contribution in [3.8, 4) is 0 Å². The van der Waals surface area contributed by atoms with Crippen molar-refractivity contribution in [1.82, 2.24) is 5.32 Å². The minimum Gasteiger partial charge on any atom is -0.356 e. The first-order valence-corrected chi connectivity index (χ1v) is 7.61. The highest BCUT2D eigenvalue weighted by Crippen LogP contribution is 2.22. The Morgan fingerprint density at radius 2 is 1.94 bits per heavy atom. The molecular formula is C14H26ClNO. The first-order chi connectivity index (χ1) is 8.24. The van der Waals surface area contributed by atoms with Crippen LogP contribution in [0.2, 0.25) is 0 Å². The SMILES string of the molecule is CC(CCl)CCCNC(=O)C1CCCCCC1. The van der Waals surface area contributed by atoms with Crippen LogP contribution in [0.15, 0.2) is 0 Å². The van der Waals surface area contributed by atoms with E-state index >= 15 is 0 Å². The van der Waals surface area contributed by atoms with E-state index in [-0.39, 0.29) is 11.8 Å². The Kier molecular flexibility index (Phi) is 7.67. The summed E-state index contributed by atoms with van der Waals surface area (Å²) in [7, 11) is 0. The van der Waals surface area contributed by atoms with E-state index in [4.69, 9.17) is 11.6 Å². The molecule has 100 valence electrons. The molecule has 1 N–H and O–H groups in total. The second-order valence-electron chi connectivity index (χ2n) is 5.38. The Balaban J connectivity index is 2.11. The highest BCUT2D eigenvalue weighted by molar-refractivity contribution is 6.18. The van der Waals surface area contributed by atoms with Gasteiger partial charge in [0, 0.05) is 18.3 Å². The third kappa shape index (κ3) is 6.30. The Bertz CT molecular complexity index is 212. The van der Waals surface area contributed by atoms with E-state index in [9.17, 15) is 4.79 Å². The van der Waals surface area contributed by atoms with Crippen LogP contribution < -0.4 is 5.32 Å². The highest BCUT2D eigenvalue weighted by Gasteiger charge is 2.19. The maximum atomic E-state index is 11.9. The Labute approximate surface area is 110 Å². The fourth-order valence-electron chi connectivity index (χ4n) is 2.43. The molecule has 17 heavy (non-hydrogen) atoms. The summed E-state index contributed by atoms with van der Waals surface area (Å²) >= 11 is 5.75.